The topological polar surface area (TPSA) is 96.1 Å². The number of hydrogen-bond donors (Lipinski definition) is 1. The Bertz CT molecular complexity index is 1180. The molecule has 0 aliphatic carbocycles. The van der Waals surface area contributed by atoms with Gasteiger partial charge in [0.05, 0.1) is 5.75 Å². The first-order valence-electron chi connectivity index (χ1n) is 9.10. The maximum absolute atomic E-state index is 12.5. The molecule has 9 nitrogen and oxygen atoms in total. The molecule has 4 aromatic rings. The number of carbonyl (C=O) groups is 1. The van der Waals surface area contributed by atoms with E-state index in [0.717, 1.165) is 5.56 Å². The van der Waals surface area contributed by atoms with Crippen molar-refractivity contribution in [3.05, 3.63) is 67.3 Å². The summed E-state index contributed by atoms with van der Waals surface area (Å²) in [6.07, 6.45) is 7.20. The highest BCUT2D eigenvalue weighted by atomic mass is 32.2. The van der Waals surface area contributed by atoms with Gasteiger partial charge in [-0.3, -0.25) is 14.5 Å². The third-order valence-electron chi connectivity index (χ3n) is 4.36. The van der Waals surface area contributed by atoms with Crippen LogP contribution in [-0.4, -0.2) is 43.0 Å². The van der Waals surface area contributed by atoms with Crippen LogP contribution in [0, 0.1) is 0 Å². The first kappa shape index (κ1) is 18.3. The van der Waals surface area contributed by atoms with E-state index in [1.807, 2.05) is 46.0 Å². The van der Waals surface area contributed by atoms with Gasteiger partial charge in [-0.15, -0.1) is 10.2 Å². The van der Waals surface area contributed by atoms with Gasteiger partial charge < -0.3 is 14.8 Å². The van der Waals surface area contributed by atoms with Crippen LogP contribution >= 0.6 is 11.8 Å². The summed E-state index contributed by atoms with van der Waals surface area (Å²) in [5.74, 6) is 1.96. The van der Waals surface area contributed by atoms with E-state index in [1.165, 1.54) is 11.8 Å². The van der Waals surface area contributed by atoms with Gasteiger partial charge in [0.1, 0.15) is 0 Å². The summed E-state index contributed by atoms with van der Waals surface area (Å²) in [5, 5.41) is 12.1. The molecule has 150 valence electrons. The van der Waals surface area contributed by atoms with Gasteiger partial charge in [0, 0.05) is 42.1 Å². The second-order valence-electron chi connectivity index (χ2n) is 6.32. The lowest BCUT2D eigenvalue weighted by molar-refractivity contribution is -0.113. The number of benzene rings is 1. The monoisotopic (exact) mass is 420 g/mol. The number of rotatable bonds is 6. The SMILES string of the molecule is O=C(CSc1nnc(-c2ccncc2)n1-n1cccc1)Nc1ccc2c(c1)OCO2. The summed E-state index contributed by atoms with van der Waals surface area (Å²) < 4.78 is 14.4. The highest BCUT2D eigenvalue weighted by molar-refractivity contribution is 7.99. The molecule has 1 aromatic carbocycles. The fourth-order valence-electron chi connectivity index (χ4n) is 3.00. The number of fused-ring (bicyclic) bond motifs is 1. The molecular formula is C20H16N6O3S. The molecule has 0 fully saturated rings. The molecule has 3 aromatic heterocycles. The van der Waals surface area contributed by atoms with E-state index < -0.39 is 0 Å². The summed E-state index contributed by atoms with van der Waals surface area (Å²) in [5.41, 5.74) is 1.53. The molecule has 0 saturated carbocycles. The highest BCUT2D eigenvalue weighted by Gasteiger charge is 2.18. The van der Waals surface area contributed by atoms with Crippen LogP contribution in [0.25, 0.3) is 11.4 Å². The lowest BCUT2D eigenvalue weighted by Gasteiger charge is -2.11. The van der Waals surface area contributed by atoms with Crippen LogP contribution < -0.4 is 14.8 Å². The van der Waals surface area contributed by atoms with E-state index in [2.05, 4.69) is 20.5 Å². The largest absolute Gasteiger partial charge is 0.454 e. The van der Waals surface area contributed by atoms with Crippen molar-refractivity contribution in [2.45, 2.75) is 5.16 Å². The van der Waals surface area contributed by atoms with E-state index in [-0.39, 0.29) is 18.5 Å². The molecule has 1 aliphatic heterocycles. The molecule has 1 aliphatic rings. The van der Waals surface area contributed by atoms with Crippen molar-refractivity contribution in [3.8, 4) is 22.9 Å². The average Bonchev–Trinajstić information content (AvgIpc) is 3.52. The second-order valence-corrected chi connectivity index (χ2v) is 7.26. The molecule has 5 rings (SSSR count). The number of amides is 1. The molecule has 4 heterocycles. The predicted octanol–water partition coefficient (Wildman–Crippen LogP) is 2.91. The van der Waals surface area contributed by atoms with Crippen molar-refractivity contribution in [1.29, 1.82) is 0 Å². The number of nitrogens with one attached hydrogen (secondary N) is 1. The maximum atomic E-state index is 12.5. The molecule has 0 radical (unpaired) electrons. The highest BCUT2D eigenvalue weighted by Crippen LogP contribution is 2.34. The van der Waals surface area contributed by atoms with Gasteiger partial charge in [-0.1, -0.05) is 11.8 Å². The Hall–Kier alpha value is -3.79. The molecule has 0 saturated heterocycles. The van der Waals surface area contributed by atoms with Gasteiger partial charge in [0.15, 0.2) is 17.3 Å². The minimum Gasteiger partial charge on any atom is -0.454 e. The molecule has 0 unspecified atom stereocenters. The Balaban J connectivity index is 1.34. The van der Waals surface area contributed by atoms with Crippen molar-refractivity contribution >= 4 is 23.4 Å². The number of ether oxygens (including phenoxy) is 2. The van der Waals surface area contributed by atoms with Crippen LogP contribution in [0.4, 0.5) is 5.69 Å². The molecule has 10 heteroatoms. The molecule has 30 heavy (non-hydrogen) atoms. The van der Waals surface area contributed by atoms with Gasteiger partial charge in [0.25, 0.3) is 0 Å². The lowest BCUT2D eigenvalue weighted by atomic mass is 10.2. The van der Waals surface area contributed by atoms with E-state index in [1.54, 1.807) is 30.6 Å². The quantitative estimate of drug-likeness (QED) is 0.479. The number of hydrogen-bond acceptors (Lipinski definition) is 7. The van der Waals surface area contributed by atoms with Crippen LogP contribution in [0.5, 0.6) is 11.5 Å². The lowest BCUT2D eigenvalue weighted by Crippen LogP contribution is -2.15. The average molecular weight is 420 g/mol. The van der Waals surface area contributed by atoms with Crippen LogP contribution in [0.15, 0.2) is 72.4 Å². The molecule has 0 bridgehead atoms. The van der Waals surface area contributed by atoms with E-state index in [0.29, 0.717) is 28.2 Å². The fourth-order valence-corrected chi connectivity index (χ4v) is 3.74. The zero-order valence-electron chi connectivity index (χ0n) is 15.6. The number of thioether (sulfide) groups is 1. The van der Waals surface area contributed by atoms with Crippen LogP contribution in [0.3, 0.4) is 0 Å². The summed E-state index contributed by atoms with van der Waals surface area (Å²) in [6.45, 7) is 0.192. The molecule has 1 N–H and O–H groups in total. The van der Waals surface area contributed by atoms with E-state index in [4.69, 9.17) is 9.47 Å². The van der Waals surface area contributed by atoms with Gasteiger partial charge in [-0.2, -0.15) is 0 Å². The maximum Gasteiger partial charge on any atom is 0.234 e. The smallest absolute Gasteiger partial charge is 0.234 e. The van der Waals surface area contributed by atoms with Gasteiger partial charge in [-0.25, -0.2) is 4.68 Å². The zero-order chi connectivity index (χ0) is 20.3. The zero-order valence-corrected chi connectivity index (χ0v) is 16.5. The number of aromatic nitrogens is 5. The number of carbonyl (C=O) groups excluding carboxylic acids is 1. The Morgan fingerprint density at radius 3 is 2.70 bits per heavy atom. The van der Waals surface area contributed by atoms with Crippen molar-refractivity contribution in [3.63, 3.8) is 0 Å². The Labute approximate surface area is 175 Å². The van der Waals surface area contributed by atoms with Crippen molar-refractivity contribution in [1.82, 2.24) is 24.5 Å². The minimum absolute atomic E-state index is 0.161. The van der Waals surface area contributed by atoms with Crippen LogP contribution in [0.2, 0.25) is 0 Å². The third-order valence-corrected chi connectivity index (χ3v) is 5.28. The summed E-state index contributed by atoms with van der Waals surface area (Å²) in [4.78, 5) is 16.5. The van der Waals surface area contributed by atoms with Gasteiger partial charge in [-0.05, 0) is 36.4 Å². The van der Waals surface area contributed by atoms with Gasteiger partial charge >= 0.3 is 0 Å². The third kappa shape index (κ3) is 3.60. The van der Waals surface area contributed by atoms with Crippen molar-refractivity contribution < 1.29 is 14.3 Å². The van der Waals surface area contributed by atoms with E-state index in [9.17, 15) is 4.79 Å². The van der Waals surface area contributed by atoms with Crippen molar-refractivity contribution in [2.24, 2.45) is 0 Å². The summed E-state index contributed by atoms with van der Waals surface area (Å²) in [6, 6.07) is 12.9. The van der Waals surface area contributed by atoms with Gasteiger partial charge in [0.2, 0.25) is 17.9 Å². The van der Waals surface area contributed by atoms with E-state index >= 15 is 0 Å². The number of anilines is 1. The minimum atomic E-state index is -0.161. The second kappa shape index (κ2) is 7.91. The first-order chi connectivity index (χ1) is 14.8. The normalized spacial score (nSPS) is 12.1. The van der Waals surface area contributed by atoms with Crippen LogP contribution in [0.1, 0.15) is 0 Å². The summed E-state index contributed by atoms with van der Waals surface area (Å²) in [7, 11) is 0. The first-order valence-corrected chi connectivity index (χ1v) is 10.1. The summed E-state index contributed by atoms with van der Waals surface area (Å²) >= 11 is 1.30. The molecule has 0 atom stereocenters. The number of nitrogens with zero attached hydrogens (tertiary/aromatic N) is 5. The predicted molar refractivity (Wildman–Crippen MR) is 110 cm³/mol. The van der Waals surface area contributed by atoms with Crippen molar-refractivity contribution in [2.75, 3.05) is 17.9 Å². The molecule has 1 amide bonds. The standard InChI is InChI=1S/C20H16N6O3S/c27-18(22-15-3-4-16-17(11-15)29-13-28-16)12-30-20-24-23-19(14-5-7-21-8-6-14)26(20)25-9-1-2-10-25/h1-11H,12-13H2,(H,22,27). The Kier molecular flexibility index (Phi) is 4.81. The number of pyridine rings is 1. The molecular weight excluding hydrogens is 404 g/mol. The fraction of sp³-hybridized carbons (Fsp3) is 0.100. The Morgan fingerprint density at radius 2 is 1.87 bits per heavy atom. The Morgan fingerprint density at radius 1 is 1.07 bits per heavy atom. The molecule has 0 spiro atoms. The van der Waals surface area contributed by atoms with Crippen LogP contribution in [-0.2, 0) is 4.79 Å².